The van der Waals surface area contributed by atoms with Crippen LogP contribution in [0.15, 0.2) is 36.4 Å². The first-order chi connectivity index (χ1) is 14.5. The summed E-state index contributed by atoms with van der Waals surface area (Å²) < 4.78 is 33.2. The van der Waals surface area contributed by atoms with Gasteiger partial charge in [0.05, 0.1) is 34.7 Å². The van der Waals surface area contributed by atoms with Gasteiger partial charge < -0.3 is 19.5 Å². The van der Waals surface area contributed by atoms with Gasteiger partial charge in [-0.2, -0.15) is 8.78 Å². The van der Waals surface area contributed by atoms with E-state index in [0.29, 0.717) is 35.8 Å². The van der Waals surface area contributed by atoms with Crippen LogP contribution in [0.3, 0.4) is 0 Å². The van der Waals surface area contributed by atoms with Crippen LogP contribution in [0.25, 0.3) is 11.0 Å². The Kier molecular flexibility index (Phi) is 3.85. The van der Waals surface area contributed by atoms with Gasteiger partial charge in [0.1, 0.15) is 11.6 Å². The summed E-state index contributed by atoms with van der Waals surface area (Å²) >= 11 is 6.23. The van der Waals surface area contributed by atoms with E-state index in [1.807, 2.05) is 16.7 Å². The lowest BCUT2D eigenvalue weighted by atomic mass is 9.90. The molecule has 4 heterocycles. The number of imidazole rings is 1. The minimum absolute atomic E-state index is 0.0221. The highest BCUT2D eigenvalue weighted by Gasteiger charge is 2.49. The molecule has 30 heavy (non-hydrogen) atoms. The third-order valence-electron chi connectivity index (χ3n) is 6.27. The van der Waals surface area contributed by atoms with Gasteiger partial charge in [-0.15, -0.1) is 0 Å². The number of carbonyl (C=O) groups is 1. The molecule has 0 saturated carbocycles. The summed E-state index contributed by atoms with van der Waals surface area (Å²) in [5, 5.41) is 3.69. The van der Waals surface area contributed by atoms with Crippen molar-refractivity contribution in [1.82, 2.24) is 14.9 Å². The maximum atomic E-state index is 13.4. The minimum Gasteiger partial charge on any atom is -0.434 e. The van der Waals surface area contributed by atoms with E-state index in [-0.39, 0.29) is 29.7 Å². The van der Waals surface area contributed by atoms with Gasteiger partial charge >= 0.3 is 6.61 Å². The number of alkyl halides is 2. The average molecular weight is 431 g/mol. The second-order valence-electron chi connectivity index (χ2n) is 7.87. The summed E-state index contributed by atoms with van der Waals surface area (Å²) in [5.41, 5.74) is 2.79. The average Bonchev–Trinajstić information content (AvgIpc) is 3.16. The number of rotatable bonds is 3. The highest BCUT2D eigenvalue weighted by atomic mass is 35.5. The molecule has 1 aromatic heterocycles. The van der Waals surface area contributed by atoms with E-state index >= 15 is 0 Å². The first-order valence-corrected chi connectivity index (χ1v) is 10.2. The second-order valence-corrected chi connectivity index (χ2v) is 8.31. The van der Waals surface area contributed by atoms with Gasteiger partial charge in [0.2, 0.25) is 5.91 Å². The molecule has 2 bridgehead atoms. The maximum absolute atomic E-state index is 13.4. The molecule has 0 spiro atoms. The van der Waals surface area contributed by atoms with Gasteiger partial charge in [-0.1, -0.05) is 17.7 Å². The number of halogens is 3. The Balaban J connectivity index is 1.60. The molecule has 1 N–H and O–H groups in total. The molecule has 1 amide bonds. The molecular formula is C21H17ClF2N4O2. The Morgan fingerprint density at radius 3 is 2.80 bits per heavy atom. The van der Waals surface area contributed by atoms with Crippen LogP contribution < -0.4 is 15.0 Å². The van der Waals surface area contributed by atoms with Crippen molar-refractivity contribution in [1.29, 1.82) is 0 Å². The second kappa shape index (κ2) is 6.39. The highest BCUT2D eigenvalue weighted by Crippen LogP contribution is 2.55. The molecule has 3 aliphatic heterocycles. The predicted octanol–water partition coefficient (Wildman–Crippen LogP) is 3.89. The minimum atomic E-state index is -2.95. The standard InChI is InChI=1S/C21H17ClF2N4O2/c22-11-4-5-12-14(6-11)27-15-7-16(19(27)26-12)28(20(29)10-8-25-9-10)13-2-1-3-17(18(13)15)30-21(23)24/h1-6,10,15-16,21,25H,7-9H2/t15-,16-/m1/s1. The summed E-state index contributed by atoms with van der Waals surface area (Å²) in [6.45, 7) is -1.73. The Bertz CT molecular complexity index is 1190. The summed E-state index contributed by atoms with van der Waals surface area (Å²) in [7, 11) is 0. The van der Waals surface area contributed by atoms with Crippen molar-refractivity contribution in [3.05, 3.63) is 52.8 Å². The molecule has 0 unspecified atom stereocenters. The van der Waals surface area contributed by atoms with Gasteiger partial charge in [-0.25, -0.2) is 4.98 Å². The number of anilines is 1. The van der Waals surface area contributed by atoms with E-state index in [9.17, 15) is 13.6 Å². The van der Waals surface area contributed by atoms with E-state index in [2.05, 4.69) is 5.32 Å². The Hall–Kier alpha value is -2.71. The van der Waals surface area contributed by atoms with E-state index in [4.69, 9.17) is 21.3 Å². The topological polar surface area (TPSA) is 59.4 Å². The Labute approximate surface area is 175 Å². The summed E-state index contributed by atoms with van der Waals surface area (Å²) in [4.78, 5) is 19.9. The van der Waals surface area contributed by atoms with Crippen LogP contribution in [0.4, 0.5) is 14.5 Å². The van der Waals surface area contributed by atoms with Crippen LogP contribution >= 0.6 is 11.6 Å². The number of carbonyl (C=O) groups excluding carboxylic acids is 1. The molecule has 3 aromatic rings. The molecular weight excluding hydrogens is 414 g/mol. The van der Waals surface area contributed by atoms with Crippen molar-refractivity contribution in [2.45, 2.75) is 25.1 Å². The third-order valence-corrected chi connectivity index (χ3v) is 6.50. The van der Waals surface area contributed by atoms with Crippen LogP contribution in [0.2, 0.25) is 5.02 Å². The van der Waals surface area contributed by atoms with Crippen LogP contribution in [0.5, 0.6) is 5.75 Å². The van der Waals surface area contributed by atoms with Gasteiger partial charge in [-0.3, -0.25) is 4.79 Å². The molecule has 3 aliphatic rings. The molecule has 2 atom stereocenters. The van der Waals surface area contributed by atoms with Crippen molar-refractivity contribution in [2.75, 3.05) is 18.0 Å². The number of hydrogen-bond acceptors (Lipinski definition) is 4. The largest absolute Gasteiger partial charge is 0.434 e. The fourth-order valence-electron chi connectivity index (χ4n) is 4.91. The zero-order valence-corrected chi connectivity index (χ0v) is 16.4. The van der Waals surface area contributed by atoms with Crippen LogP contribution in [-0.4, -0.2) is 35.2 Å². The number of aromatic nitrogens is 2. The predicted molar refractivity (Wildman–Crippen MR) is 107 cm³/mol. The number of nitrogens with one attached hydrogen (secondary N) is 1. The van der Waals surface area contributed by atoms with E-state index in [1.54, 1.807) is 23.1 Å². The molecule has 1 fully saturated rings. The normalized spacial score (nSPS) is 22.2. The molecule has 154 valence electrons. The number of ether oxygens (including phenoxy) is 1. The monoisotopic (exact) mass is 430 g/mol. The first-order valence-electron chi connectivity index (χ1n) is 9.82. The fraction of sp³-hybridized carbons (Fsp3) is 0.333. The summed E-state index contributed by atoms with van der Waals surface area (Å²) in [5.74, 6) is 0.678. The van der Waals surface area contributed by atoms with Crippen LogP contribution in [-0.2, 0) is 4.79 Å². The molecule has 0 aliphatic carbocycles. The lowest BCUT2D eigenvalue weighted by Gasteiger charge is -2.39. The Morgan fingerprint density at radius 1 is 1.23 bits per heavy atom. The summed E-state index contributed by atoms with van der Waals surface area (Å²) in [6, 6.07) is 9.89. The SMILES string of the molecule is O=C(C1CNC1)N1c2cccc(OC(F)F)c2[C@H]2C[C@@H]1c1nc3ccc(Cl)cc3n12. The number of benzene rings is 2. The van der Waals surface area contributed by atoms with Crippen LogP contribution in [0, 0.1) is 5.92 Å². The number of nitrogens with zero attached hydrogens (tertiary/aromatic N) is 3. The van der Waals surface area contributed by atoms with Crippen molar-refractivity contribution < 1.29 is 18.3 Å². The van der Waals surface area contributed by atoms with Gasteiger partial charge in [-0.05, 0) is 30.3 Å². The lowest BCUT2D eigenvalue weighted by Crippen LogP contribution is -2.53. The van der Waals surface area contributed by atoms with Gasteiger partial charge in [0, 0.05) is 30.1 Å². The van der Waals surface area contributed by atoms with Crippen LogP contribution in [0.1, 0.15) is 29.9 Å². The highest BCUT2D eigenvalue weighted by molar-refractivity contribution is 6.31. The van der Waals surface area contributed by atoms with Gasteiger partial charge in [0.15, 0.2) is 0 Å². The zero-order valence-electron chi connectivity index (χ0n) is 15.7. The van der Waals surface area contributed by atoms with Gasteiger partial charge in [0.25, 0.3) is 0 Å². The molecule has 1 saturated heterocycles. The smallest absolute Gasteiger partial charge is 0.387 e. The lowest BCUT2D eigenvalue weighted by molar-refractivity contribution is -0.124. The van der Waals surface area contributed by atoms with E-state index < -0.39 is 6.61 Å². The number of fused-ring (bicyclic) bond motifs is 3. The van der Waals surface area contributed by atoms with E-state index in [1.165, 1.54) is 6.07 Å². The number of hydrogen-bond donors (Lipinski definition) is 1. The fourth-order valence-corrected chi connectivity index (χ4v) is 5.08. The summed E-state index contributed by atoms with van der Waals surface area (Å²) in [6.07, 6.45) is 0.563. The molecule has 0 radical (unpaired) electrons. The third kappa shape index (κ3) is 2.43. The van der Waals surface area contributed by atoms with Crippen molar-refractivity contribution >= 4 is 34.2 Å². The quantitative estimate of drug-likeness (QED) is 0.685. The first kappa shape index (κ1) is 18.1. The molecule has 6 nitrogen and oxygen atoms in total. The van der Waals surface area contributed by atoms with Crippen molar-refractivity contribution in [2.24, 2.45) is 5.92 Å². The number of amides is 1. The molecule has 9 heteroatoms. The zero-order chi connectivity index (χ0) is 20.6. The van der Waals surface area contributed by atoms with Crippen molar-refractivity contribution in [3.63, 3.8) is 0 Å². The maximum Gasteiger partial charge on any atom is 0.387 e. The van der Waals surface area contributed by atoms with E-state index in [0.717, 1.165) is 16.9 Å². The molecule has 6 rings (SSSR count). The Morgan fingerprint density at radius 2 is 2.07 bits per heavy atom. The molecule has 2 aromatic carbocycles. The van der Waals surface area contributed by atoms with Crippen molar-refractivity contribution in [3.8, 4) is 5.75 Å².